The molecule has 3 N–H and O–H groups in total. The van der Waals surface area contributed by atoms with Gasteiger partial charge in [0.1, 0.15) is 5.69 Å². The Bertz CT molecular complexity index is 645. The Kier molecular flexibility index (Phi) is 3.33. The largest absolute Gasteiger partial charge is 0.368 e. The molecule has 1 heterocycles. The zero-order valence-corrected chi connectivity index (χ0v) is 11.2. The number of hydrogen-bond donors (Lipinski definition) is 2. The molecule has 5 nitrogen and oxygen atoms in total. The average Bonchev–Trinajstić information content (AvgIpc) is 2.62. The molecule has 0 saturated heterocycles. The van der Waals surface area contributed by atoms with E-state index >= 15 is 0 Å². The fourth-order valence-electron chi connectivity index (χ4n) is 1.56. The van der Waals surface area contributed by atoms with Crippen LogP contribution in [0.5, 0.6) is 0 Å². The van der Waals surface area contributed by atoms with Crippen molar-refractivity contribution in [3.8, 4) is 5.69 Å². The zero-order valence-electron chi connectivity index (χ0n) is 11.2. The summed E-state index contributed by atoms with van der Waals surface area (Å²) in [5, 5.41) is 6.88. The van der Waals surface area contributed by atoms with E-state index in [4.69, 9.17) is 5.73 Å². The number of halogens is 3. The van der Waals surface area contributed by atoms with Gasteiger partial charge in [-0.2, -0.15) is 9.67 Å². The quantitative estimate of drug-likeness (QED) is 0.832. The second-order valence-electron chi connectivity index (χ2n) is 5.30. The van der Waals surface area contributed by atoms with Crippen LogP contribution in [0.1, 0.15) is 20.8 Å². The van der Waals surface area contributed by atoms with E-state index in [1.807, 2.05) is 20.8 Å². The molecule has 1 aromatic carbocycles. The van der Waals surface area contributed by atoms with Crippen molar-refractivity contribution in [2.75, 3.05) is 11.1 Å². The first-order chi connectivity index (χ1) is 9.17. The smallest absolute Gasteiger partial charge is 0.244 e. The maximum Gasteiger partial charge on any atom is 0.244 e. The number of rotatable bonds is 2. The Morgan fingerprint density at radius 2 is 1.70 bits per heavy atom. The maximum atomic E-state index is 13.7. The van der Waals surface area contributed by atoms with Gasteiger partial charge in [0.2, 0.25) is 11.9 Å². The van der Waals surface area contributed by atoms with Crippen molar-refractivity contribution < 1.29 is 13.2 Å². The van der Waals surface area contributed by atoms with Gasteiger partial charge in [0.05, 0.1) is 0 Å². The van der Waals surface area contributed by atoms with Gasteiger partial charge in [-0.15, -0.1) is 5.10 Å². The zero-order chi connectivity index (χ0) is 15.1. The highest BCUT2D eigenvalue weighted by atomic mass is 19.2. The molecule has 0 aliphatic heterocycles. The van der Waals surface area contributed by atoms with Crippen molar-refractivity contribution in [2.24, 2.45) is 0 Å². The predicted octanol–water partition coefficient (Wildman–Crippen LogP) is 2.48. The molecule has 108 valence electrons. The Labute approximate surface area is 113 Å². The summed E-state index contributed by atoms with van der Waals surface area (Å²) in [6.07, 6.45) is 0. The van der Waals surface area contributed by atoms with Crippen molar-refractivity contribution in [1.82, 2.24) is 14.8 Å². The third kappa shape index (κ3) is 2.84. The maximum absolute atomic E-state index is 13.7. The lowest BCUT2D eigenvalue weighted by Crippen LogP contribution is -2.26. The highest BCUT2D eigenvalue weighted by Crippen LogP contribution is 2.21. The van der Waals surface area contributed by atoms with Crippen LogP contribution in [0.2, 0.25) is 0 Å². The van der Waals surface area contributed by atoms with Crippen LogP contribution >= 0.6 is 0 Å². The molecular formula is C12H14F3N5. The molecule has 20 heavy (non-hydrogen) atoms. The van der Waals surface area contributed by atoms with Gasteiger partial charge >= 0.3 is 0 Å². The first-order valence-corrected chi connectivity index (χ1v) is 5.83. The number of nitrogens with two attached hydrogens (primary N) is 1. The fraction of sp³-hybridized carbons (Fsp3) is 0.333. The molecule has 0 spiro atoms. The van der Waals surface area contributed by atoms with Gasteiger partial charge < -0.3 is 11.1 Å². The van der Waals surface area contributed by atoms with Gasteiger partial charge in [0.25, 0.3) is 0 Å². The first-order valence-electron chi connectivity index (χ1n) is 5.83. The standard InChI is InChI=1S/C12H14F3N5/c1-12(2,3)18-11-17-10(16)20(19-11)9-5-7(14)6(13)4-8(9)15/h4-5H,1-3H3,(H3,16,17,18,19). The third-order valence-corrected chi connectivity index (χ3v) is 2.34. The van der Waals surface area contributed by atoms with Crippen molar-refractivity contribution in [2.45, 2.75) is 26.3 Å². The lowest BCUT2D eigenvalue weighted by atomic mass is 10.1. The molecule has 2 aromatic rings. The Balaban J connectivity index is 2.46. The Morgan fingerprint density at radius 3 is 2.30 bits per heavy atom. The van der Waals surface area contributed by atoms with Gasteiger partial charge in [0, 0.05) is 17.7 Å². The minimum absolute atomic E-state index is 0.137. The summed E-state index contributed by atoms with van der Waals surface area (Å²) >= 11 is 0. The highest BCUT2D eigenvalue weighted by molar-refractivity contribution is 5.43. The van der Waals surface area contributed by atoms with E-state index in [0.717, 1.165) is 4.68 Å². The number of nitrogens with one attached hydrogen (secondary N) is 1. The molecule has 0 saturated carbocycles. The molecule has 0 bridgehead atoms. The van der Waals surface area contributed by atoms with Gasteiger partial charge in [-0.1, -0.05) is 0 Å². The molecular weight excluding hydrogens is 271 g/mol. The number of nitrogen functional groups attached to an aromatic ring is 1. The second kappa shape index (κ2) is 4.69. The van der Waals surface area contributed by atoms with Crippen LogP contribution in [0.25, 0.3) is 5.69 Å². The van der Waals surface area contributed by atoms with Crippen LogP contribution in [0, 0.1) is 17.5 Å². The first kappa shape index (κ1) is 14.2. The summed E-state index contributed by atoms with van der Waals surface area (Å²) < 4.78 is 40.7. The van der Waals surface area contributed by atoms with Crippen LogP contribution < -0.4 is 11.1 Å². The third-order valence-electron chi connectivity index (χ3n) is 2.34. The highest BCUT2D eigenvalue weighted by Gasteiger charge is 2.18. The van der Waals surface area contributed by atoms with E-state index in [9.17, 15) is 13.2 Å². The predicted molar refractivity (Wildman–Crippen MR) is 69.0 cm³/mol. The summed E-state index contributed by atoms with van der Waals surface area (Å²) in [6.45, 7) is 5.63. The molecule has 0 unspecified atom stereocenters. The van der Waals surface area contributed by atoms with Crippen molar-refractivity contribution in [3.05, 3.63) is 29.6 Å². The molecule has 0 radical (unpaired) electrons. The number of benzene rings is 1. The minimum atomic E-state index is -1.28. The number of nitrogens with zero attached hydrogens (tertiary/aromatic N) is 3. The van der Waals surface area contributed by atoms with Gasteiger partial charge in [-0.3, -0.25) is 0 Å². The molecule has 2 rings (SSSR count). The van der Waals surface area contributed by atoms with Crippen molar-refractivity contribution in [1.29, 1.82) is 0 Å². The molecule has 0 aliphatic carbocycles. The summed E-state index contributed by atoms with van der Waals surface area (Å²) in [7, 11) is 0. The normalized spacial score (nSPS) is 11.7. The molecule has 0 aliphatic rings. The summed E-state index contributed by atoms with van der Waals surface area (Å²) in [5.41, 5.74) is 4.98. The van der Waals surface area contributed by atoms with E-state index in [1.54, 1.807) is 0 Å². The summed E-state index contributed by atoms with van der Waals surface area (Å²) in [5.74, 6) is -3.43. The number of hydrogen-bond acceptors (Lipinski definition) is 4. The van der Waals surface area contributed by atoms with Gasteiger partial charge in [-0.05, 0) is 20.8 Å². The van der Waals surface area contributed by atoms with Crippen LogP contribution in [0.4, 0.5) is 25.1 Å². The minimum Gasteiger partial charge on any atom is -0.368 e. The van der Waals surface area contributed by atoms with Crippen molar-refractivity contribution >= 4 is 11.9 Å². The van der Waals surface area contributed by atoms with E-state index < -0.39 is 17.5 Å². The van der Waals surface area contributed by atoms with Crippen LogP contribution in [0.3, 0.4) is 0 Å². The van der Waals surface area contributed by atoms with Crippen LogP contribution in [-0.2, 0) is 0 Å². The SMILES string of the molecule is CC(C)(C)Nc1nc(N)n(-c2cc(F)c(F)cc2F)n1. The summed E-state index contributed by atoms with van der Waals surface area (Å²) in [4.78, 5) is 3.90. The second-order valence-corrected chi connectivity index (χ2v) is 5.30. The average molecular weight is 285 g/mol. The fourth-order valence-corrected chi connectivity index (χ4v) is 1.56. The molecule has 0 fully saturated rings. The van der Waals surface area contributed by atoms with Crippen molar-refractivity contribution in [3.63, 3.8) is 0 Å². The number of anilines is 2. The van der Waals surface area contributed by atoms with Crippen LogP contribution in [0.15, 0.2) is 12.1 Å². The molecule has 0 atom stereocenters. The molecule has 0 amide bonds. The van der Waals surface area contributed by atoms with E-state index in [2.05, 4.69) is 15.4 Å². The Hall–Kier alpha value is -2.25. The van der Waals surface area contributed by atoms with Crippen LogP contribution in [-0.4, -0.2) is 20.3 Å². The number of aromatic nitrogens is 3. The summed E-state index contributed by atoms with van der Waals surface area (Å²) in [6, 6.07) is 1.11. The molecule has 1 aromatic heterocycles. The lowest BCUT2D eigenvalue weighted by molar-refractivity contribution is 0.491. The Morgan fingerprint density at radius 1 is 1.10 bits per heavy atom. The van der Waals surface area contributed by atoms with Gasteiger partial charge in [-0.25, -0.2) is 13.2 Å². The van der Waals surface area contributed by atoms with Gasteiger partial charge in [0.15, 0.2) is 17.5 Å². The topological polar surface area (TPSA) is 68.8 Å². The monoisotopic (exact) mass is 285 g/mol. The van der Waals surface area contributed by atoms with E-state index in [0.29, 0.717) is 12.1 Å². The lowest BCUT2D eigenvalue weighted by Gasteiger charge is -2.18. The van der Waals surface area contributed by atoms with E-state index in [1.165, 1.54) is 0 Å². The van der Waals surface area contributed by atoms with E-state index in [-0.39, 0.29) is 23.1 Å². The molecule has 8 heteroatoms.